The lowest BCUT2D eigenvalue weighted by molar-refractivity contribution is 0.499. The Morgan fingerprint density at radius 1 is 0.682 bits per heavy atom. The van der Waals surface area contributed by atoms with Gasteiger partial charge < -0.3 is 0 Å². The predicted molar refractivity (Wildman–Crippen MR) is 80.9 cm³/mol. The molecule has 2 aromatic heterocycles. The fourth-order valence-corrected chi connectivity index (χ4v) is 2.69. The van der Waals surface area contributed by atoms with Gasteiger partial charge in [0.1, 0.15) is 0 Å². The molecular weight excluding hydrogens is 380 g/mol. The van der Waals surface area contributed by atoms with E-state index in [1.807, 2.05) is 0 Å². The molecule has 10 heteroatoms. The first-order chi connectivity index (χ1) is 10.2. The van der Waals surface area contributed by atoms with Gasteiger partial charge >= 0.3 is 0 Å². The maximum absolute atomic E-state index is 14.1. The summed E-state index contributed by atoms with van der Waals surface area (Å²) in [4.78, 5) is 14.6. The maximum Gasteiger partial charge on any atom is 0.224 e. The molecule has 0 aliphatic carbocycles. The highest BCUT2D eigenvalue weighted by Gasteiger charge is 2.28. The van der Waals surface area contributed by atoms with Crippen molar-refractivity contribution < 1.29 is 8.78 Å². The zero-order valence-corrected chi connectivity index (χ0v) is 14.2. The van der Waals surface area contributed by atoms with Crippen molar-refractivity contribution in [3.05, 3.63) is 43.9 Å². The summed E-state index contributed by atoms with van der Waals surface area (Å²) in [5.41, 5.74) is -0.106. The van der Waals surface area contributed by atoms with Crippen LogP contribution in [0.5, 0.6) is 0 Å². The van der Waals surface area contributed by atoms with E-state index < -0.39 is 33.8 Å². The van der Waals surface area contributed by atoms with Gasteiger partial charge in [0.25, 0.3) is 0 Å². The van der Waals surface area contributed by atoms with Gasteiger partial charge in [-0.15, -0.1) is 0 Å². The quantitative estimate of drug-likeness (QED) is 0.545. The van der Waals surface area contributed by atoms with Crippen LogP contribution < -0.4 is 0 Å². The lowest BCUT2D eigenvalue weighted by Gasteiger charge is -2.20. The second-order valence-electron chi connectivity index (χ2n) is 4.54. The molecule has 0 N–H and O–H groups in total. The molecule has 0 spiro atoms. The highest BCUT2D eigenvalue weighted by Crippen LogP contribution is 2.36. The number of halogens is 6. The van der Waals surface area contributed by atoms with E-state index in [4.69, 9.17) is 46.4 Å². The number of aromatic nitrogens is 4. The summed E-state index contributed by atoms with van der Waals surface area (Å²) in [5.74, 6) is -2.88. The first-order valence-electron chi connectivity index (χ1n) is 5.99. The predicted octanol–water partition coefficient (Wildman–Crippen LogP) is 5.07. The van der Waals surface area contributed by atoms with E-state index in [1.54, 1.807) is 13.8 Å². The molecule has 0 aliphatic rings. The molecule has 4 nitrogen and oxygen atoms in total. The van der Waals surface area contributed by atoms with Crippen LogP contribution in [0.4, 0.5) is 8.78 Å². The molecule has 2 rings (SSSR count). The molecule has 0 amide bonds. The van der Waals surface area contributed by atoms with Gasteiger partial charge in [0.05, 0.1) is 11.4 Å². The van der Waals surface area contributed by atoms with Crippen LogP contribution in [-0.2, 0) is 0 Å². The molecule has 22 heavy (non-hydrogen) atoms. The van der Waals surface area contributed by atoms with Crippen LogP contribution in [0, 0.1) is 11.6 Å². The zero-order valence-electron chi connectivity index (χ0n) is 11.2. The topological polar surface area (TPSA) is 51.6 Å². The molecule has 2 aromatic rings. The van der Waals surface area contributed by atoms with E-state index in [1.165, 1.54) is 0 Å². The average molecular weight is 388 g/mol. The van der Waals surface area contributed by atoms with Gasteiger partial charge in [-0.25, -0.2) is 28.7 Å². The molecule has 0 saturated heterocycles. The first-order valence-corrected chi connectivity index (χ1v) is 7.50. The summed E-state index contributed by atoms with van der Waals surface area (Å²) in [5, 5.41) is -1.24. The van der Waals surface area contributed by atoms with E-state index in [2.05, 4.69) is 19.9 Å². The molecule has 0 saturated carbocycles. The third kappa shape index (κ3) is 3.40. The third-order valence-corrected chi connectivity index (χ3v) is 4.07. The Bertz CT molecular complexity index is 667. The number of rotatable bonds is 3. The Kier molecular flexibility index (Phi) is 5.37. The second kappa shape index (κ2) is 6.74. The van der Waals surface area contributed by atoms with Crippen molar-refractivity contribution >= 4 is 46.4 Å². The largest absolute Gasteiger partial charge is 0.224 e. The standard InChI is InChI=1S/C12H8Cl4F2N4/c1-3(7-5(17)9(13)21-11(15)19-7)4(2)8-6(18)10(14)22-12(16)20-8/h3-4H,1-2H3. The molecule has 0 bridgehead atoms. The minimum Gasteiger partial charge on any atom is -0.220 e. The van der Waals surface area contributed by atoms with Crippen molar-refractivity contribution in [2.24, 2.45) is 0 Å². The summed E-state index contributed by atoms with van der Waals surface area (Å²) in [6.07, 6.45) is 0. The van der Waals surface area contributed by atoms with Crippen LogP contribution >= 0.6 is 46.4 Å². The summed E-state index contributed by atoms with van der Waals surface area (Å²) in [6.45, 7) is 3.23. The van der Waals surface area contributed by atoms with E-state index in [0.29, 0.717) is 0 Å². The van der Waals surface area contributed by atoms with E-state index in [-0.39, 0.29) is 22.0 Å². The second-order valence-corrected chi connectivity index (χ2v) is 5.93. The Hall–Kier alpha value is -0.820. The molecular formula is C12H8Cl4F2N4. The van der Waals surface area contributed by atoms with Crippen LogP contribution in [0.15, 0.2) is 0 Å². The normalized spacial score (nSPS) is 14.0. The van der Waals surface area contributed by atoms with Gasteiger partial charge in [-0.3, -0.25) is 0 Å². The van der Waals surface area contributed by atoms with Crippen molar-refractivity contribution in [1.29, 1.82) is 0 Å². The van der Waals surface area contributed by atoms with Crippen molar-refractivity contribution in [3.8, 4) is 0 Å². The Morgan fingerprint density at radius 2 is 1.00 bits per heavy atom. The zero-order chi connectivity index (χ0) is 16.6. The van der Waals surface area contributed by atoms with Gasteiger partial charge in [-0.05, 0) is 23.2 Å². The summed E-state index contributed by atoms with van der Waals surface area (Å²) >= 11 is 22.7. The minimum atomic E-state index is -0.822. The maximum atomic E-state index is 14.1. The molecule has 0 fully saturated rings. The van der Waals surface area contributed by atoms with E-state index >= 15 is 0 Å². The molecule has 0 aliphatic heterocycles. The van der Waals surface area contributed by atoms with Crippen molar-refractivity contribution in [2.75, 3.05) is 0 Å². The van der Waals surface area contributed by atoms with Gasteiger partial charge in [-0.2, -0.15) is 0 Å². The van der Waals surface area contributed by atoms with Gasteiger partial charge in [0.15, 0.2) is 21.9 Å². The van der Waals surface area contributed by atoms with Crippen molar-refractivity contribution in [2.45, 2.75) is 25.7 Å². The molecule has 2 atom stereocenters. The molecule has 2 heterocycles. The Morgan fingerprint density at radius 3 is 1.32 bits per heavy atom. The van der Waals surface area contributed by atoms with Crippen LogP contribution in [0.3, 0.4) is 0 Å². The SMILES string of the molecule is CC(c1nc(Cl)nc(Cl)c1F)C(C)c1nc(Cl)nc(Cl)c1F. The number of hydrogen-bond donors (Lipinski definition) is 0. The van der Waals surface area contributed by atoms with Crippen LogP contribution in [0.1, 0.15) is 37.1 Å². The average Bonchev–Trinajstić information content (AvgIpc) is 2.45. The Labute approximate surface area is 144 Å². The molecule has 118 valence electrons. The Balaban J connectivity index is 2.48. The fourth-order valence-electron chi connectivity index (χ4n) is 1.90. The number of hydrogen-bond acceptors (Lipinski definition) is 4. The molecule has 2 unspecified atom stereocenters. The monoisotopic (exact) mass is 386 g/mol. The van der Waals surface area contributed by atoms with Gasteiger partial charge in [0.2, 0.25) is 10.6 Å². The molecule has 0 radical (unpaired) electrons. The van der Waals surface area contributed by atoms with Gasteiger partial charge in [0, 0.05) is 11.8 Å². The highest BCUT2D eigenvalue weighted by molar-refractivity contribution is 6.32. The lowest BCUT2D eigenvalue weighted by Crippen LogP contribution is -2.14. The molecule has 0 aromatic carbocycles. The highest BCUT2D eigenvalue weighted by atomic mass is 35.5. The van der Waals surface area contributed by atoms with Crippen molar-refractivity contribution in [3.63, 3.8) is 0 Å². The smallest absolute Gasteiger partial charge is 0.220 e. The first kappa shape index (κ1) is 17.5. The summed E-state index contributed by atoms with van der Waals surface area (Å²) < 4.78 is 28.1. The number of nitrogens with zero attached hydrogens (tertiary/aromatic N) is 4. The van der Waals surface area contributed by atoms with Crippen LogP contribution in [-0.4, -0.2) is 19.9 Å². The van der Waals surface area contributed by atoms with E-state index in [9.17, 15) is 8.78 Å². The fraction of sp³-hybridized carbons (Fsp3) is 0.333. The van der Waals surface area contributed by atoms with Crippen LogP contribution in [0.2, 0.25) is 20.9 Å². The van der Waals surface area contributed by atoms with Gasteiger partial charge in [-0.1, -0.05) is 37.0 Å². The lowest BCUT2D eigenvalue weighted by atomic mass is 9.89. The van der Waals surface area contributed by atoms with Crippen LogP contribution in [0.25, 0.3) is 0 Å². The summed E-state index contributed by atoms with van der Waals surface area (Å²) in [6, 6.07) is 0. The van der Waals surface area contributed by atoms with Crippen molar-refractivity contribution in [1.82, 2.24) is 19.9 Å². The third-order valence-electron chi connectivity index (χ3n) is 3.23. The van der Waals surface area contributed by atoms with E-state index in [0.717, 1.165) is 0 Å². The minimum absolute atomic E-state index is 0.0530. The summed E-state index contributed by atoms with van der Waals surface area (Å²) in [7, 11) is 0.